The highest BCUT2D eigenvalue weighted by atomic mass is 16.1. The monoisotopic (exact) mass is 142 g/mol. The molecule has 0 aromatic rings. The Morgan fingerprint density at radius 2 is 2.30 bits per heavy atom. The number of hydrogen-bond donors (Lipinski definition) is 1. The van der Waals surface area contributed by atoms with Crippen molar-refractivity contribution in [3.8, 4) is 0 Å². The number of aliphatic imine (C=N–C) groups is 1. The highest BCUT2D eigenvalue weighted by Gasteiger charge is 1.98. The molecule has 0 aliphatic heterocycles. The molecule has 0 radical (unpaired) electrons. The zero-order valence-electron chi connectivity index (χ0n) is 6.72. The first-order valence-corrected chi connectivity index (χ1v) is 3.40. The summed E-state index contributed by atoms with van der Waals surface area (Å²) in [4.78, 5) is 14.6. The lowest BCUT2D eigenvalue weighted by atomic mass is 10.4. The van der Waals surface area contributed by atoms with Crippen LogP contribution in [0.25, 0.3) is 0 Å². The molecule has 0 aliphatic carbocycles. The highest BCUT2D eigenvalue weighted by Crippen LogP contribution is 1.77. The van der Waals surface area contributed by atoms with Crippen LogP contribution in [-0.2, 0) is 4.79 Å². The Kier molecular flexibility index (Phi) is 4.54. The molecule has 10 heavy (non-hydrogen) atoms. The summed E-state index contributed by atoms with van der Waals surface area (Å²) in [5.74, 6) is -0.0203. The standard InChI is InChI=1S/C7H14N2O/c1-4-8-5-7(10)9-6(2)3/h4,6H,5H2,1-3H3,(H,9,10). The van der Waals surface area contributed by atoms with Crippen LogP contribution in [0.2, 0.25) is 0 Å². The lowest BCUT2D eigenvalue weighted by Gasteiger charge is -2.04. The van der Waals surface area contributed by atoms with Gasteiger partial charge in [-0.25, -0.2) is 0 Å². The molecule has 0 fully saturated rings. The molecule has 0 aromatic heterocycles. The molecule has 0 atom stereocenters. The van der Waals surface area contributed by atoms with Crippen molar-refractivity contribution in [2.45, 2.75) is 26.8 Å². The van der Waals surface area contributed by atoms with Crippen LogP contribution in [0.1, 0.15) is 20.8 Å². The highest BCUT2D eigenvalue weighted by molar-refractivity contribution is 5.79. The van der Waals surface area contributed by atoms with Crippen molar-refractivity contribution < 1.29 is 4.79 Å². The molecule has 0 aliphatic rings. The molecule has 3 heteroatoms. The van der Waals surface area contributed by atoms with E-state index in [9.17, 15) is 4.79 Å². The molecule has 3 nitrogen and oxygen atoms in total. The van der Waals surface area contributed by atoms with Crippen LogP contribution >= 0.6 is 0 Å². The summed E-state index contributed by atoms with van der Waals surface area (Å²) >= 11 is 0. The minimum Gasteiger partial charge on any atom is -0.352 e. The molecule has 0 saturated heterocycles. The average Bonchev–Trinajstić information content (AvgIpc) is 1.82. The second kappa shape index (κ2) is 4.97. The Morgan fingerprint density at radius 1 is 1.70 bits per heavy atom. The van der Waals surface area contributed by atoms with Gasteiger partial charge in [-0.15, -0.1) is 0 Å². The van der Waals surface area contributed by atoms with E-state index < -0.39 is 0 Å². The van der Waals surface area contributed by atoms with Gasteiger partial charge in [-0.05, 0) is 27.0 Å². The summed E-state index contributed by atoms with van der Waals surface area (Å²) in [6.07, 6.45) is 1.62. The van der Waals surface area contributed by atoms with Crippen molar-refractivity contribution in [2.24, 2.45) is 4.99 Å². The predicted octanol–water partition coefficient (Wildman–Crippen LogP) is 0.602. The average molecular weight is 142 g/mol. The van der Waals surface area contributed by atoms with Gasteiger partial charge in [0.2, 0.25) is 5.91 Å². The van der Waals surface area contributed by atoms with Crippen molar-refractivity contribution in [1.29, 1.82) is 0 Å². The number of amides is 1. The Bertz CT molecular complexity index is 130. The Morgan fingerprint density at radius 3 is 2.70 bits per heavy atom. The second-order valence-corrected chi connectivity index (χ2v) is 2.32. The van der Waals surface area contributed by atoms with Gasteiger partial charge in [0.05, 0.1) is 0 Å². The molecule has 0 unspecified atom stereocenters. The minimum atomic E-state index is -0.0203. The van der Waals surface area contributed by atoms with Crippen molar-refractivity contribution >= 4 is 12.1 Å². The molecule has 0 heterocycles. The number of rotatable bonds is 3. The van der Waals surface area contributed by atoms with Gasteiger partial charge >= 0.3 is 0 Å². The van der Waals surface area contributed by atoms with Crippen molar-refractivity contribution in [3.63, 3.8) is 0 Å². The normalized spacial score (nSPS) is 10.8. The first-order chi connectivity index (χ1) is 4.66. The molecule has 0 saturated carbocycles. The van der Waals surface area contributed by atoms with Crippen LogP contribution in [0.3, 0.4) is 0 Å². The van der Waals surface area contributed by atoms with E-state index in [0.29, 0.717) is 0 Å². The summed E-state index contributed by atoms with van der Waals surface area (Å²) in [5, 5.41) is 2.72. The molecule has 1 amide bonds. The lowest BCUT2D eigenvalue weighted by Crippen LogP contribution is -2.31. The Balaban J connectivity index is 3.44. The molecule has 0 aromatic carbocycles. The third kappa shape index (κ3) is 5.28. The first-order valence-electron chi connectivity index (χ1n) is 3.40. The fourth-order valence-electron chi connectivity index (χ4n) is 0.542. The molecule has 58 valence electrons. The van der Waals surface area contributed by atoms with E-state index in [1.54, 1.807) is 13.1 Å². The third-order valence-electron chi connectivity index (χ3n) is 0.867. The number of hydrogen-bond acceptors (Lipinski definition) is 2. The SMILES string of the molecule is CC=NCC(=O)NC(C)C. The van der Waals surface area contributed by atoms with Gasteiger partial charge in [0, 0.05) is 6.04 Å². The van der Waals surface area contributed by atoms with E-state index >= 15 is 0 Å². The summed E-state index contributed by atoms with van der Waals surface area (Å²) in [5.41, 5.74) is 0. The van der Waals surface area contributed by atoms with Crippen LogP contribution < -0.4 is 5.32 Å². The topological polar surface area (TPSA) is 41.5 Å². The maximum atomic E-state index is 10.8. The van der Waals surface area contributed by atoms with Gasteiger partial charge in [0.15, 0.2) is 0 Å². The quantitative estimate of drug-likeness (QED) is 0.576. The fraction of sp³-hybridized carbons (Fsp3) is 0.714. The maximum absolute atomic E-state index is 10.8. The zero-order chi connectivity index (χ0) is 7.98. The van der Waals surface area contributed by atoms with E-state index in [1.807, 2.05) is 13.8 Å². The third-order valence-corrected chi connectivity index (χ3v) is 0.867. The Hall–Kier alpha value is -0.860. The van der Waals surface area contributed by atoms with Gasteiger partial charge in [0.1, 0.15) is 6.54 Å². The van der Waals surface area contributed by atoms with Crippen molar-refractivity contribution in [1.82, 2.24) is 5.32 Å². The molecule has 1 N–H and O–H groups in total. The van der Waals surface area contributed by atoms with Gasteiger partial charge in [0.25, 0.3) is 0 Å². The van der Waals surface area contributed by atoms with Crippen LogP contribution in [0, 0.1) is 0 Å². The molecule has 0 rings (SSSR count). The summed E-state index contributed by atoms with van der Waals surface area (Å²) in [7, 11) is 0. The number of carbonyl (C=O) groups is 1. The van der Waals surface area contributed by atoms with Crippen molar-refractivity contribution in [3.05, 3.63) is 0 Å². The van der Waals surface area contributed by atoms with Gasteiger partial charge in [-0.3, -0.25) is 9.79 Å². The predicted molar refractivity (Wildman–Crippen MR) is 42.3 cm³/mol. The lowest BCUT2D eigenvalue weighted by molar-refractivity contribution is -0.120. The van der Waals surface area contributed by atoms with Crippen LogP contribution in [-0.4, -0.2) is 24.7 Å². The molecular formula is C7H14N2O. The fourth-order valence-corrected chi connectivity index (χ4v) is 0.542. The minimum absolute atomic E-state index is 0.0203. The number of nitrogens with zero attached hydrogens (tertiary/aromatic N) is 1. The van der Waals surface area contributed by atoms with Gasteiger partial charge in [-0.1, -0.05) is 0 Å². The number of nitrogens with one attached hydrogen (secondary N) is 1. The van der Waals surface area contributed by atoms with E-state index in [4.69, 9.17) is 0 Å². The van der Waals surface area contributed by atoms with E-state index in [1.165, 1.54) is 0 Å². The zero-order valence-corrected chi connectivity index (χ0v) is 6.72. The smallest absolute Gasteiger partial charge is 0.241 e. The summed E-state index contributed by atoms with van der Waals surface area (Å²) in [6, 6.07) is 0.208. The second-order valence-electron chi connectivity index (χ2n) is 2.32. The molecular weight excluding hydrogens is 128 g/mol. The van der Waals surface area contributed by atoms with Gasteiger partial charge < -0.3 is 5.32 Å². The summed E-state index contributed by atoms with van der Waals surface area (Å²) in [6.45, 7) is 5.89. The van der Waals surface area contributed by atoms with E-state index in [0.717, 1.165) is 0 Å². The van der Waals surface area contributed by atoms with Crippen LogP contribution in [0.5, 0.6) is 0 Å². The van der Waals surface area contributed by atoms with E-state index in [2.05, 4.69) is 10.3 Å². The first kappa shape index (κ1) is 9.14. The maximum Gasteiger partial charge on any atom is 0.241 e. The Labute approximate surface area is 61.5 Å². The summed E-state index contributed by atoms with van der Waals surface area (Å²) < 4.78 is 0. The van der Waals surface area contributed by atoms with Crippen LogP contribution in [0.4, 0.5) is 0 Å². The molecule has 0 spiro atoms. The largest absolute Gasteiger partial charge is 0.352 e. The molecule has 0 bridgehead atoms. The van der Waals surface area contributed by atoms with E-state index in [-0.39, 0.29) is 18.5 Å². The van der Waals surface area contributed by atoms with Crippen LogP contribution in [0.15, 0.2) is 4.99 Å². The van der Waals surface area contributed by atoms with Gasteiger partial charge in [-0.2, -0.15) is 0 Å². The van der Waals surface area contributed by atoms with Crippen molar-refractivity contribution in [2.75, 3.05) is 6.54 Å². The number of carbonyl (C=O) groups excluding carboxylic acids is 1.